The highest BCUT2D eigenvalue weighted by Gasteiger charge is 2.21. The van der Waals surface area contributed by atoms with Gasteiger partial charge in [-0.3, -0.25) is 9.38 Å². The summed E-state index contributed by atoms with van der Waals surface area (Å²) in [4.78, 5) is 13.4. The number of piperidine rings is 1. The second-order valence-corrected chi connectivity index (χ2v) is 7.58. The highest BCUT2D eigenvalue weighted by Crippen LogP contribution is 2.29. The molecule has 1 aliphatic heterocycles. The Kier molecular flexibility index (Phi) is 4.85. The van der Waals surface area contributed by atoms with Crippen molar-refractivity contribution in [2.24, 2.45) is 0 Å². The largest absolute Gasteiger partial charge is 0.393 e. The van der Waals surface area contributed by atoms with Crippen molar-refractivity contribution in [3.8, 4) is 11.3 Å². The van der Waals surface area contributed by atoms with Crippen LogP contribution in [-0.2, 0) is 0 Å². The van der Waals surface area contributed by atoms with E-state index in [0.717, 1.165) is 48.7 Å². The van der Waals surface area contributed by atoms with Gasteiger partial charge in [0.15, 0.2) is 5.65 Å². The van der Waals surface area contributed by atoms with Crippen LogP contribution < -0.4 is 4.90 Å². The van der Waals surface area contributed by atoms with Crippen LogP contribution in [0.4, 0.5) is 5.82 Å². The summed E-state index contributed by atoms with van der Waals surface area (Å²) in [5, 5.41) is 9.82. The van der Waals surface area contributed by atoms with E-state index in [1.807, 2.05) is 12.4 Å². The topological polar surface area (TPSA) is 56.9 Å². The third kappa shape index (κ3) is 3.42. The number of nitrogens with zero attached hydrogens (tertiary/aromatic N) is 5. The second-order valence-electron chi connectivity index (χ2n) is 7.58. The molecule has 0 radical (unpaired) electrons. The van der Waals surface area contributed by atoms with Gasteiger partial charge in [-0.2, -0.15) is 0 Å². The maximum Gasteiger partial charge on any atom is 0.157 e. The normalized spacial score (nSPS) is 17.0. The first-order valence-electron chi connectivity index (χ1n) is 9.56. The van der Waals surface area contributed by atoms with E-state index in [1.165, 1.54) is 5.56 Å². The zero-order valence-electron chi connectivity index (χ0n) is 16.2. The average molecular weight is 365 g/mol. The van der Waals surface area contributed by atoms with E-state index in [1.54, 1.807) is 6.20 Å². The number of fused-ring (bicyclic) bond motifs is 1. The standard InChI is InChI=1S/C21H27N5O/c1-15(24(2)3)16-4-6-17(7-5-16)19-12-23-20-13-22-14-21(26(19)20)25-10-8-18(27)9-11-25/h4-7,12-15,18,27H,8-11H2,1-3H3. The van der Waals surface area contributed by atoms with E-state index in [4.69, 9.17) is 0 Å². The van der Waals surface area contributed by atoms with Gasteiger partial charge in [-0.1, -0.05) is 24.3 Å². The number of hydrogen-bond acceptors (Lipinski definition) is 5. The maximum absolute atomic E-state index is 9.82. The summed E-state index contributed by atoms with van der Waals surface area (Å²) in [6, 6.07) is 9.10. The molecule has 1 aliphatic rings. The summed E-state index contributed by atoms with van der Waals surface area (Å²) >= 11 is 0. The number of aliphatic hydroxyl groups excluding tert-OH is 1. The van der Waals surface area contributed by atoms with Crippen LogP contribution in [0.15, 0.2) is 42.9 Å². The average Bonchev–Trinajstić information content (AvgIpc) is 3.12. The van der Waals surface area contributed by atoms with E-state index in [2.05, 4.69) is 69.5 Å². The summed E-state index contributed by atoms with van der Waals surface area (Å²) in [5.74, 6) is 1.04. The van der Waals surface area contributed by atoms with Gasteiger partial charge >= 0.3 is 0 Å². The fourth-order valence-corrected chi connectivity index (χ4v) is 3.68. The van der Waals surface area contributed by atoms with Crippen LogP contribution in [-0.4, -0.2) is 57.7 Å². The van der Waals surface area contributed by atoms with Gasteiger partial charge in [0.2, 0.25) is 0 Å². The Morgan fingerprint density at radius 2 is 1.78 bits per heavy atom. The minimum absolute atomic E-state index is 0.193. The van der Waals surface area contributed by atoms with E-state index in [-0.39, 0.29) is 6.10 Å². The minimum Gasteiger partial charge on any atom is -0.393 e. The molecule has 142 valence electrons. The van der Waals surface area contributed by atoms with Crippen molar-refractivity contribution in [3.05, 3.63) is 48.4 Å². The molecule has 27 heavy (non-hydrogen) atoms. The Morgan fingerprint density at radius 1 is 1.07 bits per heavy atom. The molecule has 0 bridgehead atoms. The van der Waals surface area contributed by atoms with Crippen molar-refractivity contribution in [1.29, 1.82) is 0 Å². The van der Waals surface area contributed by atoms with Gasteiger partial charge in [0.25, 0.3) is 0 Å². The van der Waals surface area contributed by atoms with Crippen LogP contribution in [0.2, 0.25) is 0 Å². The van der Waals surface area contributed by atoms with E-state index in [0.29, 0.717) is 6.04 Å². The van der Waals surface area contributed by atoms with Gasteiger partial charge in [0.1, 0.15) is 5.82 Å². The van der Waals surface area contributed by atoms with Gasteiger partial charge in [-0.25, -0.2) is 4.98 Å². The lowest BCUT2D eigenvalue weighted by atomic mass is 10.0. The van der Waals surface area contributed by atoms with Crippen molar-refractivity contribution in [1.82, 2.24) is 19.3 Å². The molecular formula is C21H27N5O. The molecular weight excluding hydrogens is 338 g/mol. The lowest BCUT2D eigenvalue weighted by Gasteiger charge is -2.31. The van der Waals surface area contributed by atoms with Crippen LogP contribution in [0, 0.1) is 0 Å². The van der Waals surface area contributed by atoms with Gasteiger partial charge in [0.05, 0.1) is 30.4 Å². The predicted octanol–water partition coefficient (Wildman–Crippen LogP) is 2.98. The maximum atomic E-state index is 9.82. The molecule has 3 heterocycles. The molecule has 1 N–H and O–H groups in total. The summed E-state index contributed by atoms with van der Waals surface area (Å²) in [5.41, 5.74) is 4.35. The summed E-state index contributed by atoms with van der Waals surface area (Å²) in [7, 11) is 4.19. The zero-order chi connectivity index (χ0) is 19.0. The summed E-state index contributed by atoms with van der Waals surface area (Å²) in [6.45, 7) is 3.87. The number of rotatable bonds is 4. The minimum atomic E-state index is -0.193. The molecule has 0 saturated carbocycles. The first kappa shape index (κ1) is 17.9. The number of aliphatic hydroxyl groups is 1. The predicted molar refractivity (Wildman–Crippen MR) is 108 cm³/mol. The lowest BCUT2D eigenvalue weighted by molar-refractivity contribution is 0.145. The van der Waals surface area contributed by atoms with Gasteiger partial charge < -0.3 is 14.9 Å². The molecule has 6 heteroatoms. The zero-order valence-corrected chi connectivity index (χ0v) is 16.2. The Morgan fingerprint density at radius 3 is 2.44 bits per heavy atom. The van der Waals surface area contributed by atoms with Crippen LogP contribution >= 0.6 is 0 Å². The third-order valence-electron chi connectivity index (χ3n) is 5.65. The Hall–Kier alpha value is -2.44. The molecule has 6 nitrogen and oxygen atoms in total. The van der Waals surface area contributed by atoms with Gasteiger partial charge in [-0.15, -0.1) is 0 Å². The molecule has 1 saturated heterocycles. The SMILES string of the molecule is CC(c1ccc(-c2cnc3cncc(N4CCC(O)CC4)n23)cc1)N(C)C. The highest BCUT2D eigenvalue weighted by molar-refractivity contribution is 5.67. The van der Waals surface area contributed by atoms with Crippen molar-refractivity contribution in [3.63, 3.8) is 0 Å². The smallest absolute Gasteiger partial charge is 0.157 e. The number of aromatic nitrogens is 3. The fourth-order valence-electron chi connectivity index (χ4n) is 3.68. The molecule has 1 unspecified atom stereocenters. The van der Waals surface area contributed by atoms with Crippen molar-refractivity contribution in [2.45, 2.75) is 31.9 Å². The highest BCUT2D eigenvalue weighted by atomic mass is 16.3. The Balaban J connectivity index is 1.72. The van der Waals surface area contributed by atoms with Crippen LogP contribution in [0.1, 0.15) is 31.4 Å². The molecule has 0 amide bonds. The number of benzene rings is 1. The number of anilines is 1. The molecule has 1 fully saturated rings. The van der Waals surface area contributed by atoms with Crippen LogP contribution in [0.5, 0.6) is 0 Å². The third-order valence-corrected chi connectivity index (χ3v) is 5.65. The molecule has 2 aromatic heterocycles. The Bertz CT molecular complexity index is 910. The second kappa shape index (κ2) is 7.29. The molecule has 0 spiro atoms. The molecule has 3 aromatic rings. The Labute approximate surface area is 160 Å². The van der Waals surface area contributed by atoms with Crippen molar-refractivity contribution < 1.29 is 5.11 Å². The van der Waals surface area contributed by atoms with E-state index in [9.17, 15) is 5.11 Å². The quantitative estimate of drug-likeness (QED) is 0.770. The van der Waals surface area contributed by atoms with Gasteiger partial charge in [0, 0.05) is 24.7 Å². The number of hydrogen-bond donors (Lipinski definition) is 1. The number of imidazole rings is 1. The fraction of sp³-hybridized carbons (Fsp3) is 0.429. The summed E-state index contributed by atoms with van der Waals surface area (Å²) < 4.78 is 2.18. The molecule has 1 aromatic carbocycles. The molecule has 4 rings (SSSR count). The van der Waals surface area contributed by atoms with Crippen LogP contribution in [0.25, 0.3) is 16.9 Å². The van der Waals surface area contributed by atoms with Crippen LogP contribution in [0.3, 0.4) is 0 Å². The van der Waals surface area contributed by atoms with Gasteiger partial charge in [-0.05, 0) is 39.4 Å². The van der Waals surface area contributed by atoms with E-state index >= 15 is 0 Å². The monoisotopic (exact) mass is 365 g/mol. The summed E-state index contributed by atoms with van der Waals surface area (Å²) in [6.07, 6.45) is 7.01. The van der Waals surface area contributed by atoms with Crippen molar-refractivity contribution >= 4 is 11.5 Å². The lowest BCUT2D eigenvalue weighted by Crippen LogP contribution is -2.36. The molecule has 1 atom stereocenters. The molecule has 0 aliphatic carbocycles. The van der Waals surface area contributed by atoms with Crippen molar-refractivity contribution in [2.75, 3.05) is 32.1 Å². The first-order valence-corrected chi connectivity index (χ1v) is 9.56. The first-order chi connectivity index (χ1) is 13.0. The van der Waals surface area contributed by atoms with E-state index < -0.39 is 0 Å².